The molecule has 7 nitrogen and oxygen atoms in total. The molecule has 0 aliphatic heterocycles. The highest BCUT2D eigenvalue weighted by Gasteiger charge is 2.11. The van der Waals surface area contributed by atoms with E-state index < -0.39 is 0 Å². The maximum Gasteiger partial charge on any atom is 0.194 e. The molecule has 0 saturated carbocycles. The Balaban J connectivity index is 2.14. The number of aliphatic imine (C=N–C) groups is 1. The van der Waals surface area contributed by atoms with Crippen molar-refractivity contribution >= 4 is 5.96 Å². The summed E-state index contributed by atoms with van der Waals surface area (Å²) in [6.45, 7) is 6.21. The average Bonchev–Trinajstić information content (AvgIpc) is 2.97. The molecule has 2 aromatic rings. The van der Waals surface area contributed by atoms with E-state index in [4.69, 9.17) is 9.73 Å². The predicted molar refractivity (Wildman–Crippen MR) is 104 cm³/mol. The summed E-state index contributed by atoms with van der Waals surface area (Å²) in [5.74, 6) is 3.47. The molecule has 1 aromatic carbocycles. The van der Waals surface area contributed by atoms with Crippen LogP contribution in [0.4, 0.5) is 0 Å². The van der Waals surface area contributed by atoms with Crippen LogP contribution in [-0.4, -0.2) is 46.3 Å². The number of unbranched alkanes of at least 4 members (excludes halogenated alkanes) is 1. The number of aromatic nitrogens is 3. The second-order valence-electron chi connectivity index (χ2n) is 6.31. The molecule has 1 heterocycles. The van der Waals surface area contributed by atoms with Gasteiger partial charge in [0.15, 0.2) is 11.8 Å². The Morgan fingerprint density at radius 3 is 2.73 bits per heavy atom. The van der Waals surface area contributed by atoms with Crippen molar-refractivity contribution in [3.05, 3.63) is 41.5 Å². The summed E-state index contributed by atoms with van der Waals surface area (Å²) in [6.07, 6.45) is 2.24. The van der Waals surface area contributed by atoms with Crippen LogP contribution in [0.2, 0.25) is 0 Å². The molecule has 1 N–H and O–H groups in total. The van der Waals surface area contributed by atoms with Crippen LogP contribution in [0.3, 0.4) is 0 Å². The van der Waals surface area contributed by atoms with Crippen LogP contribution in [0.1, 0.15) is 37.0 Å². The lowest BCUT2D eigenvalue weighted by atomic mass is 10.2. The van der Waals surface area contributed by atoms with E-state index in [0.717, 1.165) is 48.3 Å². The number of ether oxygens (including phenoxy) is 1. The maximum absolute atomic E-state index is 5.46. The molecule has 0 atom stereocenters. The molecule has 0 spiro atoms. The number of nitrogens with one attached hydrogen (secondary N) is 1. The highest BCUT2D eigenvalue weighted by atomic mass is 16.5. The van der Waals surface area contributed by atoms with E-state index in [-0.39, 0.29) is 0 Å². The Kier molecular flexibility index (Phi) is 7.44. The van der Waals surface area contributed by atoms with Gasteiger partial charge >= 0.3 is 0 Å². The number of benzene rings is 1. The molecule has 26 heavy (non-hydrogen) atoms. The van der Waals surface area contributed by atoms with E-state index in [1.54, 1.807) is 7.11 Å². The molecule has 0 fully saturated rings. The Hall–Kier alpha value is -2.57. The van der Waals surface area contributed by atoms with Crippen molar-refractivity contribution in [1.82, 2.24) is 25.0 Å². The fourth-order valence-corrected chi connectivity index (χ4v) is 2.59. The van der Waals surface area contributed by atoms with Gasteiger partial charge in [-0.1, -0.05) is 31.5 Å². The van der Waals surface area contributed by atoms with Crippen molar-refractivity contribution in [3.63, 3.8) is 0 Å². The Morgan fingerprint density at radius 1 is 1.31 bits per heavy atom. The molecule has 0 saturated heterocycles. The van der Waals surface area contributed by atoms with Crippen LogP contribution in [0.15, 0.2) is 29.3 Å². The largest absolute Gasteiger partial charge is 0.496 e. The Morgan fingerprint density at radius 2 is 2.08 bits per heavy atom. The minimum absolute atomic E-state index is 0.488. The average molecular weight is 358 g/mol. The zero-order chi connectivity index (χ0) is 18.9. The van der Waals surface area contributed by atoms with Crippen LogP contribution in [0, 0.1) is 6.92 Å². The molecular weight excluding hydrogens is 328 g/mol. The molecule has 0 radical (unpaired) electrons. The number of hydrogen-bond acceptors (Lipinski definition) is 4. The van der Waals surface area contributed by atoms with Crippen LogP contribution in [0.5, 0.6) is 5.75 Å². The van der Waals surface area contributed by atoms with E-state index in [9.17, 15) is 0 Å². The van der Waals surface area contributed by atoms with E-state index in [2.05, 4.69) is 33.4 Å². The number of rotatable bonds is 8. The Bertz CT molecular complexity index is 725. The minimum atomic E-state index is 0.488. The fourth-order valence-electron chi connectivity index (χ4n) is 2.59. The number of guanidine groups is 1. The summed E-state index contributed by atoms with van der Waals surface area (Å²) < 4.78 is 7.43. The predicted octanol–water partition coefficient (Wildman–Crippen LogP) is 2.51. The van der Waals surface area contributed by atoms with Gasteiger partial charge in [-0.3, -0.25) is 0 Å². The zero-order valence-electron chi connectivity index (χ0n) is 16.5. The molecule has 0 aliphatic carbocycles. The minimum Gasteiger partial charge on any atom is -0.496 e. The summed E-state index contributed by atoms with van der Waals surface area (Å²) in [5.41, 5.74) is 1.12. The van der Waals surface area contributed by atoms with E-state index >= 15 is 0 Å². The summed E-state index contributed by atoms with van der Waals surface area (Å²) in [7, 11) is 5.69. The second-order valence-corrected chi connectivity index (χ2v) is 6.31. The highest BCUT2D eigenvalue weighted by Crippen LogP contribution is 2.18. The molecule has 0 aliphatic rings. The number of para-hydroxylation sites is 1. The van der Waals surface area contributed by atoms with Crippen LogP contribution < -0.4 is 10.1 Å². The molecule has 0 unspecified atom stereocenters. The second kappa shape index (κ2) is 9.79. The zero-order valence-corrected chi connectivity index (χ0v) is 16.5. The van der Waals surface area contributed by atoms with Gasteiger partial charge in [-0.25, -0.2) is 4.99 Å². The van der Waals surface area contributed by atoms with Gasteiger partial charge in [-0.2, -0.15) is 0 Å². The third kappa shape index (κ3) is 5.21. The highest BCUT2D eigenvalue weighted by molar-refractivity contribution is 5.79. The fraction of sp³-hybridized carbons (Fsp3) is 0.526. The summed E-state index contributed by atoms with van der Waals surface area (Å²) >= 11 is 0. The lowest BCUT2D eigenvalue weighted by molar-refractivity contribution is 0.395. The normalized spacial score (nSPS) is 11.5. The molecular formula is C19H30N6O. The molecule has 2 rings (SSSR count). The van der Waals surface area contributed by atoms with Gasteiger partial charge in [-0.05, 0) is 19.4 Å². The van der Waals surface area contributed by atoms with Crippen molar-refractivity contribution < 1.29 is 4.74 Å². The summed E-state index contributed by atoms with van der Waals surface area (Å²) in [4.78, 5) is 6.87. The van der Waals surface area contributed by atoms with Crippen molar-refractivity contribution in [1.29, 1.82) is 0 Å². The third-order valence-corrected chi connectivity index (χ3v) is 4.33. The van der Waals surface area contributed by atoms with Crippen LogP contribution >= 0.6 is 0 Å². The topological polar surface area (TPSA) is 67.6 Å². The monoisotopic (exact) mass is 358 g/mol. The molecule has 0 amide bonds. The lowest BCUT2D eigenvalue weighted by Gasteiger charge is -2.23. The molecule has 142 valence electrons. The summed E-state index contributed by atoms with van der Waals surface area (Å²) in [5, 5.41) is 11.7. The first-order chi connectivity index (χ1) is 12.6. The molecule has 1 aromatic heterocycles. The van der Waals surface area contributed by atoms with Gasteiger partial charge in [0, 0.05) is 32.7 Å². The van der Waals surface area contributed by atoms with Gasteiger partial charge in [0.05, 0.1) is 7.11 Å². The van der Waals surface area contributed by atoms with E-state index in [1.165, 1.54) is 0 Å². The van der Waals surface area contributed by atoms with Gasteiger partial charge in [0.25, 0.3) is 0 Å². The number of nitrogens with zero attached hydrogens (tertiary/aromatic N) is 5. The first kappa shape index (κ1) is 19.8. The van der Waals surface area contributed by atoms with Crippen molar-refractivity contribution in [2.45, 2.75) is 39.8 Å². The Labute approximate surface area is 156 Å². The number of hydrogen-bond donors (Lipinski definition) is 1. The van der Waals surface area contributed by atoms with Crippen LogP contribution in [-0.2, 0) is 20.1 Å². The van der Waals surface area contributed by atoms with E-state index in [0.29, 0.717) is 13.1 Å². The summed E-state index contributed by atoms with van der Waals surface area (Å²) in [6, 6.07) is 8.06. The smallest absolute Gasteiger partial charge is 0.194 e. The van der Waals surface area contributed by atoms with Gasteiger partial charge < -0.3 is 19.5 Å². The molecule has 7 heteroatoms. The number of aryl methyl sites for hydroxylation is 1. The number of methoxy groups -OCH3 is 1. The van der Waals surface area contributed by atoms with Gasteiger partial charge in [0.2, 0.25) is 0 Å². The van der Waals surface area contributed by atoms with Gasteiger partial charge in [0.1, 0.15) is 18.1 Å². The molecule has 0 bridgehead atoms. The maximum atomic E-state index is 5.46. The van der Waals surface area contributed by atoms with Crippen molar-refractivity contribution in [3.8, 4) is 5.75 Å². The third-order valence-electron chi connectivity index (χ3n) is 4.33. The first-order valence-electron chi connectivity index (χ1n) is 9.03. The van der Waals surface area contributed by atoms with E-state index in [1.807, 2.05) is 43.8 Å². The SMILES string of the molecule is CCCCNC(=NCc1nnc(C)n1C)N(C)Cc1ccccc1OC. The van der Waals surface area contributed by atoms with Crippen LogP contribution in [0.25, 0.3) is 0 Å². The van der Waals surface area contributed by atoms with Crippen molar-refractivity contribution in [2.75, 3.05) is 20.7 Å². The van der Waals surface area contributed by atoms with Crippen molar-refractivity contribution in [2.24, 2.45) is 12.0 Å². The quantitative estimate of drug-likeness (QED) is 0.446. The standard InChI is InChI=1S/C19H30N6O/c1-6-7-12-20-19(21-13-18-23-22-15(2)25(18)4)24(3)14-16-10-8-9-11-17(16)26-5/h8-11H,6-7,12-14H2,1-5H3,(H,20,21). The lowest BCUT2D eigenvalue weighted by Crippen LogP contribution is -2.39. The first-order valence-corrected chi connectivity index (χ1v) is 9.03. The van der Waals surface area contributed by atoms with Gasteiger partial charge in [-0.15, -0.1) is 10.2 Å².